The predicted octanol–water partition coefficient (Wildman–Crippen LogP) is 3.31. The van der Waals surface area contributed by atoms with Gasteiger partial charge in [-0.05, 0) is 42.0 Å². The van der Waals surface area contributed by atoms with Crippen LogP contribution in [0.3, 0.4) is 0 Å². The van der Waals surface area contributed by atoms with Crippen molar-refractivity contribution in [2.45, 2.75) is 17.5 Å². The van der Waals surface area contributed by atoms with Crippen LogP contribution in [-0.2, 0) is 16.6 Å². The van der Waals surface area contributed by atoms with Crippen molar-refractivity contribution in [1.82, 2.24) is 8.87 Å². The van der Waals surface area contributed by atoms with Gasteiger partial charge in [0.25, 0.3) is 0 Å². The first kappa shape index (κ1) is 20.3. The Kier molecular flexibility index (Phi) is 5.44. The maximum absolute atomic E-state index is 13.7. The number of hydrogen-bond donors (Lipinski definition) is 0. The standard InChI is InChI=1S/C22H24N2O5S/c1-27-17-8-6-16(7-9-17)22-19-5-4-12-23(19)13-14-24(22)30(25,26)18-10-11-20(28-2)21(15-18)29-3/h4-12,15,22H,13-14H2,1-3H3/t22-/m0/s1. The van der Waals surface area contributed by atoms with Gasteiger partial charge in [-0.1, -0.05) is 12.1 Å². The molecular formula is C22H24N2O5S. The summed E-state index contributed by atoms with van der Waals surface area (Å²) in [4.78, 5) is 0.165. The lowest BCUT2D eigenvalue weighted by Crippen LogP contribution is -2.42. The van der Waals surface area contributed by atoms with Gasteiger partial charge in [0, 0.05) is 31.0 Å². The van der Waals surface area contributed by atoms with Gasteiger partial charge in [0.1, 0.15) is 5.75 Å². The van der Waals surface area contributed by atoms with Gasteiger partial charge in [0.15, 0.2) is 11.5 Å². The molecular weight excluding hydrogens is 404 g/mol. The van der Waals surface area contributed by atoms with Gasteiger partial charge in [0.05, 0.1) is 32.3 Å². The SMILES string of the molecule is COc1ccc([C@H]2c3cccn3CCN2S(=O)(=O)c2ccc(OC)c(OC)c2)cc1. The van der Waals surface area contributed by atoms with E-state index >= 15 is 0 Å². The Balaban J connectivity index is 1.81. The third-order valence-electron chi connectivity index (χ3n) is 5.39. The molecule has 0 radical (unpaired) electrons. The summed E-state index contributed by atoms with van der Waals surface area (Å²) in [6.07, 6.45) is 1.98. The van der Waals surface area contributed by atoms with Crippen molar-refractivity contribution in [3.8, 4) is 17.2 Å². The summed E-state index contributed by atoms with van der Waals surface area (Å²) < 4.78 is 46.8. The molecule has 158 valence electrons. The van der Waals surface area contributed by atoms with Crippen LogP contribution in [0, 0.1) is 0 Å². The van der Waals surface area contributed by atoms with Crippen LogP contribution in [0.1, 0.15) is 17.3 Å². The first-order valence-electron chi connectivity index (χ1n) is 9.52. The fraction of sp³-hybridized carbons (Fsp3) is 0.273. The molecule has 0 aliphatic carbocycles. The molecule has 0 unspecified atom stereocenters. The normalized spacial score (nSPS) is 16.7. The molecule has 0 fully saturated rings. The molecule has 0 amide bonds. The van der Waals surface area contributed by atoms with Crippen molar-refractivity contribution in [3.05, 3.63) is 72.1 Å². The highest BCUT2D eigenvalue weighted by Gasteiger charge is 2.38. The zero-order valence-electron chi connectivity index (χ0n) is 17.1. The van der Waals surface area contributed by atoms with Gasteiger partial charge in [-0.2, -0.15) is 4.31 Å². The molecule has 1 aliphatic heterocycles. The van der Waals surface area contributed by atoms with E-state index in [9.17, 15) is 8.42 Å². The molecule has 3 aromatic rings. The van der Waals surface area contributed by atoms with Crippen LogP contribution in [0.15, 0.2) is 65.7 Å². The molecule has 0 saturated carbocycles. The zero-order chi connectivity index (χ0) is 21.3. The second-order valence-corrected chi connectivity index (χ2v) is 8.83. The summed E-state index contributed by atoms with van der Waals surface area (Å²) in [5.41, 5.74) is 1.80. The number of nitrogens with zero attached hydrogens (tertiary/aromatic N) is 2. The third-order valence-corrected chi connectivity index (χ3v) is 7.25. The number of benzene rings is 2. The van der Waals surface area contributed by atoms with Gasteiger partial charge >= 0.3 is 0 Å². The van der Waals surface area contributed by atoms with Gasteiger partial charge in [-0.3, -0.25) is 0 Å². The number of aromatic nitrogens is 1. The van der Waals surface area contributed by atoms with E-state index in [0.29, 0.717) is 24.6 Å². The minimum atomic E-state index is -3.80. The molecule has 1 atom stereocenters. The van der Waals surface area contributed by atoms with E-state index < -0.39 is 16.1 Å². The van der Waals surface area contributed by atoms with E-state index in [2.05, 4.69) is 4.57 Å². The molecule has 1 aromatic heterocycles. The Morgan fingerprint density at radius 1 is 0.867 bits per heavy atom. The van der Waals surface area contributed by atoms with Crippen LogP contribution in [0.5, 0.6) is 17.2 Å². The first-order chi connectivity index (χ1) is 14.5. The number of hydrogen-bond acceptors (Lipinski definition) is 5. The van der Waals surface area contributed by atoms with Crippen LogP contribution < -0.4 is 14.2 Å². The number of methoxy groups -OCH3 is 3. The molecule has 2 aromatic carbocycles. The summed E-state index contributed by atoms with van der Waals surface area (Å²) in [6.45, 7) is 0.941. The van der Waals surface area contributed by atoms with E-state index in [1.54, 1.807) is 23.5 Å². The number of fused-ring (bicyclic) bond motifs is 1. The highest BCUT2D eigenvalue weighted by Crippen LogP contribution is 2.38. The van der Waals surface area contributed by atoms with Crippen molar-refractivity contribution in [2.75, 3.05) is 27.9 Å². The zero-order valence-corrected chi connectivity index (χ0v) is 17.9. The first-order valence-corrected chi connectivity index (χ1v) is 11.0. The lowest BCUT2D eigenvalue weighted by molar-refractivity contribution is 0.298. The molecule has 7 nitrogen and oxygen atoms in total. The van der Waals surface area contributed by atoms with Crippen molar-refractivity contribution in [3.63, 3.8) is 0 Å². The Bertz CT molecular complexity index is 1140. The van der Waals surface area contributed by atoms with E-state index in [-0.39, 0.29) is 4.90 Å². The van der Waals surface area contributed by atoms with Gasteiger partial charge in [0.2, 0.25) is 10.0 Å². The number of sulfonamides is 1. The fourth-order valence-electron chi connectivity index (χ4n) is 3.86. The molecule has 0 spiro atoms. The Labute approximate surface area is 176 Å². The molecule has 0 saturated heterocycles. The summed E-state index contributed by atoms with van der Waals surface area (Å²) in [7, 11) is 0.812. The van der Waals surface area contributed by atoms with E-state index in [4.69, 9.17) is 14.2 Å². The van der Waals surface area contributed by atoms with Crippen molar-refractivity contribution < 1.29 is 22.6 Å². The summed E-state index contributed by atoms with van der Waals surface area (Å²) in [5.74, 6) is 1.58. The van der Waals surface area contributed by atoms with Gasteiger partial charge in [-0.15, -0.1) is 0 Å². The van der Waals surface area contributed by atoms with Crippen LogP contribution in [-0.4, -0.2) is 45.2 Å². The van der Waals surface area contributed by atoms with E-state index in [1.807, 2.05) is 42.6 Å². The van der Waals surface area contributed by atoms with Crippen LogP contribution in [0.2, 0.25) is 0 Å². The monoisotopic (exact) mass is 428 g/mol. The quantitative estimate of drug-likeness (QED) is 0.603. The smallest absolute Gasteiger partial charge is 0.244 e. The second-order valence-electron chi connectivity index (χ2n) is 6.93. The molecule has 4 rings (SSSR count). The topological polar surface area (TPSA) is 70.0 Å². The molecule has 30 heavy (non-hydrogen) atoms. The number of ether oxygens (including phenoxy) is 3. The maximum Gasteiger partial charge on any atom is 0.244 e. The largest absolute Gasteiger partial charge is 0.497 e. The number of rotatable bonds is 6. The Morgan fingerprint density at radius 2 is 1.60 bits per heavy atom. The lowest BCUT2D eigenvalue weighted by atomic mass is 10.0. The highest BCUT2D eigenvalue weighted by atomic mass is 32.2. The summed E-state index contributed by atoms with van der Waals surface area (Å²) in [6, 6.07) is 15.6. The van der Waals surface area contributed by atoms with Crippen molar-refractivity contribution in [1.29, 1.82) is 0 Å². The minimum absolute atomic E-state index is 0.165. The third kappa shape index (κ3) is 3.42. The summed E-state index contributed by atoms with van der Waals surface area (Å²) in [5, 5.41) is 0. The Morgan fingerprint density at radius 3 is 2.27 bits per heavy atom. The summed E-state index contributed by atoms with van der Waals surface area (Å²) >= 11 is 0. The average molecular weight is 429 g/mol. The minimum Gasteiger partial charge on any atom is -0.497 e. The molecule has 0 bridgehead atoms. The van der Waals surface area contributed by atoms with Crippen LogP contribution >= 0.6 is 0 Å². The lowest BCUT2D eigenvalue weighted by Gasteiger charge is -2.36. The van der Waals surface area contributed by atoms with Gasteiger partial charge in [-0.25, -0.2) is 8.42 Å². The van der Waals surface area contributed by atoms with Crippen molar-refractivity contribution in [2.24, 2.45) is 0 Å². The predicted molar refractivity (Wildman–Crippen MR) is 113 cm³/mol. The van der Waals surface area contributed by atoms with Gasteiger partial charge < -0.3 is 18.8 Å². The van der Waals surface area contributed by atoms with Crippen LogP contribution in [0.4, 0.5) is 0 Å². The fourth-order valence-corrected chi connectivity index (χ4v) is 5.45. The highest BCUT2D eigenvalue weighted by molar-refractivity contribution is 7.89. The van der Waals surface area contributed by atoms with E-state index in [1.165, 1.54) is 20.3 Å². The van der Waals surface area contributed by atoms with Crippen LogP contribution in [0.25, 0.3) is 0 Å². The van der Waals surface area contributed by atoms with E-state index in [0.717, 1.165) is 17.0 Å². The Hall–Kier alpha value is -2.97. The molecule has 0 N–H and O–H groups in total. The second kappa shape index (κ2) is 8.04. The molecule has 2 heterocycles. The molecule has 8 heteroatoms. The van der Waals surface area contributed by atoms with Crippen molar-refractivity contribution >= 4 is 10.0 Å². The average Bonchev–Trinajstić information content (AvgIpc) is 3.27. The maximum atomic E-state index is 13.7. The molecule has 1 aliphatic rings.